The summed E-state index contributed by atoms with van der Waals surface area (Å²) in [6.45, 7) is 2.95. The molecule has 0 radical (unpaired) electrons. The first-order chi connectivity index (χ1) is 8.18. The maximum atomic E-state index is 10.4. The van der Waals surface area contributed by atoms with E-state index in [1.54, 1.807) is 0 Å². The van der Waals surface area contributed by atoms with Crippen LogP contribution >= 0.6 is 11.3 Å². The zero-order valence-corrected chi connectivity index (χ0v) is 11.4. The average Bonchev–Trinajstić information content (AvgIpc) is 2.80. The van der Waals surface area contributed by atoms with Gasteiger partial charge in [-0.15, -0.1) is 11.3 Å². The number of thiophene rings is 1. The first-order valence-corrected chi connectivity index (χ1v) is 7.54. The zero-order chi connectivity index (χ0) is 12.1. The maximum Gasteiger partial charge on any atom is 0.0771 e. The lowest BCUT2D eigenvalue weighted by Gasteiger charge is -2.33. The summed E-state index contributed by atoms with van der Waals surface area (Å²) in [5.74, 6) is 0. The molecule has 1 aliphatic rings. The Labute approximate surface area is 108 Å². The highest BCUT2D eigenvalue weighted by Crippen LogP contribution is 2.27. The topological polar surface area (TPSA) is 32.3 Å². The first kappa shape index (κ1) is 13.1. The second-order valence-electron chi connectivity index (χ2n) is 5.35. The number of nitrogens with one attached hydrogen (secondary N) is 1. The summed E-state index contributed by atoms with van der Waals surface area (Å²) >= 11 is 1.81. The quantitative estimate of drug-likeness (QED) is 0.845. The van der Waals surface area contributed by atoms with E-state index < -0.39 is 5.60 Å². The van der Waals surface area contributed by atoms with Crippen LogP contribution in [0, 0.1) is 0 Å². The summed E-state index contributed by atoms with van der Waals surface area (Å²) in [4.78, 5) is 1.42. The van der Waals surface area contributed by atoms with Gasteiger partial charge in [-0.1, -0.05) is 25.3 Å². The third-order valence-electron chi connectivity index (χ3n) is 3.65. The van der Waals surface area contributed by atoms with Gasteiger partial charge in [0.1, 0.15) is 0 Å². The second kappa shape index (κ2) is 5.98. The van der Waals surface area contributed by atoms with Crippen molar-refractivity contribution in [3.8, 4) is 0 Å². The Morgan fingerprint density at radius 2 is 2.18 bits per heavy atom. The molecule has 0 saturated heterocycles. The third-order valence-corrected chi connectivity index (χ3v) is 4.55. The summed E-state index contributed by atoms with van der Waals surface area (Å²) in [7, 11) is 0. The van der Waals surface area contributed by atoms with Crippen LogP contribution in [0.15, 0.2) is 17.5 Å². The molecule has 1 atom stereocenters. The van der Waals surface area contributed by atoms with Crippen LogP contribution in [0.3, 0.4) is 0 Å². The summed E-state index contributed by atoms with van der Waals surface area (Å²) in [5.41, 5.74) is -0.443. The van der Waals surface area contributed by atoms with Crippen LogP contribution in [0.1, 0.15) is 43.9 Å². The van der Waals surface area contributed by atoms with Crippen LogP contribution in [0.2, 0.25) is 0 Å². The minimum Gasteiger partial charge on any atom is -0.389 e. The van der Waals surface area contributed by atoms with Crippen molar-refractivity contribution >= 4 is 11.3 Å². The molecule has 0 aromatic carbocycles. The van der Waals surface area contributed by atoms with Gasteiger partial charge in [-0.2, -0.15) is 0 Å². The fraction of sp³-hybridized carbons (Fsp3) is 0.714. The number of hydrogen-bond acceptors (Lipinski definition) is 3. The SMILES string of the molecule is CC(Cc1cccs1)NCC1(O)CCCCC1. The molecule has 1 saturated carbocycles. The zero-order valence-electron chi connectivity index (χ0n) is 10.6. The van der Waals surface area contributed by atoms with Gasteiger partial charge in [0.25, 0.3) is 0 Å². The Bertz CT molecular complexity index is 317. The minimum atomic E-state index is -0.443. The molecule has 0 spiro atoms. The van der Waals surface area contributed by atoms with Crippen molar-refractivity contribution in [1.82, 2.24) is 5.32 Å². The molecule has 96 valence electrons. The fourth-order valence-electron chi connectivity index (χ4n) is 2.55. The summed E-state index contributed by atoms with van der Waals surface area (Å²) in [5, 5.41) is 16.0. The molecule has 1 aromatic rings. The summed E-state index contributed by atoms with van der Waals surface area (Å²) < 4.78 is 0. The minimum absolute atomic E-state index is 0.443. The smallest absolute Gasteiger partial charge is 0.0771 e. The van der Waals surface area contributed by atoms with Crippen molar-refractivity contribution in [1.29, 1.82) is 0 Å². The molecule has 2 N–H and O–H groups in total. The fourth-order valence-corrected chi connectivity index (χ4v) is 3.39. The highest BCUT2D eigenvalue weighted by Gasteiger charge is 2.28. The summed E-state index contributed by atoms with van der Waals surface area (Å²) in [6.07, 6.45) is 6.63. The summed E-state index contributed by atoms with van der Waals surface area (Å²) in [6, 6.07) is 4.72. The van der Waals surface area contributed by atoms with Gasteiger partial charge in [0, 0.05) is 17.5 Å². The third kappa shape index (κ3) is 4.09. The monoisotopic (exact) mass is 253 g/mol. The van der Waals surface area contributed by atoms with E-state index >= 15 is 0 Å². The average molecular weight is 253 g/mol. The van der Waals surface area contributed by atoms with E-state index in [-0.39, 0.29) is 0 Å². The Morgan fingerprint density at radius 1 is 1.41 bits per heavy atom. The van der Waals surface area contributed by atoms with E-state index in [0.717, 1.165) is 25.8 Å². The molecule has 0 bridgehead atoms. The van der Waals surface area contributed by atoms with Gasteiger partial charge in [0.05, 0.1) is 5.60 Å². The van der Waals surface area contributed by atoms with Crippen LogP contribution < -0.4 is 5.32 Å². The van der Waals surface area contributed by atoms with E-state index in [4.69, 9.17) is 0 Å². The van der Waals surface area contributed by atoms with Gasteiger partial charge in [-0.05, 0) is 37.6 Å². The molecule has 1 fully saturated rings. The van der Waals surface area contributed by atoms with E-state index in [2.05, 4.69) is 29.8 Å². The predicted octanol–water partition coefficient (Wildman–Crippen LogP) is 2.96. The molecular formula is C14H23NOS. The molecule has 2 rings (SSSR count). The van der Waals surface area contributed by atoms with Crippen molar-refractivity contribution < 1.29 is 5.11 Å². The van der Waals surface area contributed by atoms with E-state index in [9.17, 15) is 5.11 Å². The number of aliphatic hydroxyl groups is 1. The van der Waals surface area contributed by atoms with Gasteiger partial charge in [-0.3, -0.25) is 0 Å². The molecule has 2 nitrogen and oxygen atoms in total. The Hall–Kier alpha value is -0.380. The van der Waals surface area contributed by atoms with Gasteiger partial charge < -0.3 is 10.4 Å². The van der Waals surface area contributed by atoms with Crippen molar-refractivity contribution in [3.05, 3.63) is 22.4 Å². The predicted molar refractivity (Wildman–Crippen MR) is 73.5 cm³/mol. The standard InChI is InChI=1S/C14H23NOS/c1-12(10-13-6-5-9-17-13)15-11-14(16)7-3-2-4-8-14/h5-6,9,12,15-16H,2-4,7-8,10-11H2,1H3. The van der Waals surface area contributed by atoms with Gasteiger partial charge >= 0.3 is 0 Å². The van der Waals surface area contributed by atoms with Crippen LogP contribution in [-0.2, 0) is 6.42 Å². The molecule has 1 aliphatic carbocycles. The van der Waals surface area contributed by atoms with Crippen molar-refractivity contribution in [3.63, 3.8) is 0 Å². The molecule has 0 aliphatic heterocycles. The lowest BCUT2D eigenvalue weighted by molar-refractivity contribution is 0.00307. The van der Waals surface area contributed by atoms with Gasteiger partial charge in [0.15, 0.2) is 0 Å². The molecular weight excluding hydrogens is 230 g/mol. The van der Waals surface area contributed by atoms with Crippen LogP contribution in [0.4, 0.5) is 0 Å². The molecule has 1 aromatic heterocycles. The first-order valence-electron chi connectivity index (χ1n) is 6.66. The maximum absolute atomic E-state index is 10.4. The van der Waals surface area contributed by atoms with Crippen molar-refractivity contribution in [2.24, 2.45) is 0 Å². The van der Waals surface area contributed by atoms with E-state index in [0.29, 0.717) is 6.04 Å². The highest BCUT2D eigenvalue weighted by atomic mass is 32.1. The molecule has 0 amide bonds. The molecule has 3 heteroatoms. The lowest BCUT2D eigenvalue weighted by atomic mass is 9.85. The van der Waals surface area contributed by atoms with E-state index in [1.807, 2.05) is 11.3 Å². The Kier molecular flexibility index (Phi) is 4.60. The number of hydrogen-bond donors (Lipinski definition) is 2. The van der Waals surface area contributed by atoms with E-state index in [1.165, 1.54) is 24.1 Å². The molecule has 17 heavy (non-hydrogen) atoms. The molecule has 1 heterocycles. The van der Waals surface area contributed by atoms with Crippen molar-refractivity contribution in [2.45, 2.75) is 57.1 Å². The van der Waals surface area contributed by atoms with Crippen LogP contribution in [-0.4, -0.2) is 23.3 Å². The Balaban J connectivity index is 1.73. The Morgan fingerprint density at radius 3 is 2.82 bits per heavy atom. The van der Waals surface area contributed by atoms with Crippen LogP contribution in [0.5, 0.6) is 0 Å². The highest BCUT2D eigenvalue weighted by molar-refractivity contribution is 7.09. The largest absolute Gasteiger partial charge is 0.389 e. The lowest BCUT2D eigenvalue weighted by Crippen LogP contribution is -2.45. The second-order valence-corrected chi connectivity index (χ2v) is 6.38. The normalized spacial score (nSPS) is 21.3. The van der Waals surface area contributed by atoms with Crippen molar-refractivity contribution in [2.75, 3.05) is 6.54 Å². The molecule has 1 unspecified atom stereocenters. The van der Waals surface area contributed by atoms with Gasteiger partial charge in [0.2, 0.25) is 0 Å². The van der Waals surface area contributed by atoms with Crippen LogP contribution in [0.25, 0.3) is 0 Å². The number of rotatable bonds is 5. The van der Waals surface area contributed by atoms with Gasteiger partial charge in [-0.25, -0.2) is 0 Å².